The van der Waals surface area contributed by atoms with Crippen molar-refractivity contribution in [2.75, 3.05) is 39.6 Å². The van der Waals surface area contributed by atoms with E-state index in [1.165, 1.54) is 205 Å². The molecule has 0 bridgehead atoms. The molecule has 0 amide bonds. The molecule has 0 aromatic rings. The number of hydrogen-bond acceptors (Lipinski definition) is 15. The number of rotatable bonds is 77. The van der Waals surface area contributed by atoms with E-state index in [2.05, 4.69) is 55.4 Å². The molecule has 0 fully saturated rings. The molecule has 99 heavy (non-hydrogen) atoms. The normalized spacial score (nSPS) is 14.3. The molecule has 4 unspecified atom stereocenters. The van der Waals surface area contributed by atoms with Gasteiger partial charge in [0, 0.05) is 25.7 Å². The van der Waals surface area contributed by atoms with Crippen molar-refractivity contribution in [3.05, 3.63) is 0 Å². The first-order valence-corrected chi connectivity index (χ1v) is 44.2. The molecule has 0 aliphatic carbocycles. The van der Waals surface area contributed by atoms with Gasteiger partial charge in [-0.1, -0.05) is 357 Å². The Bertz CT molecular complexity index is 1940. The zero-order valence-electron chi connectivity index (χ0n) is 65.1. The van der Waals surface area contributed by atoms with E-state index in [0.717, 1.165) is 114 Å². The Labute approximate surface area is 607 Å². The van der Waals surface area contributed by atoms with Crippen LogP contribution in [0.2, 0.25) is 0 Å². The van der Waals surface area contributed by atoms with Crippen LogP contribution in [0.4, 0.5) is 0 Å². The van der Waals surface area contributed by atoms with Crippen LogP contribution in [0.5, 0.6) is 0 Å². The molecule has 0 saturated carbocycles. The van der Waals surface area contributed by atoms with E-state index < -0.39 is 97.5 Å². The summed E-state index contributed by atoms with van der Waals surface area (Å²) in [5.74, 6) is 0.972. The van der Waals surface area contributed by atoms with E-state index in [4.69, 9.17) is 37.0 Å². The highest BCUT2D eigenvalue weighted by Crippen LogP contribution is 2.45. The number of phosphoric ester groups is 2. The van der Waals surface area contributed by atoms with Crippen molar-refractivity contribution in [3.8, 4) is 0 Å². The van der Waals surface area contributed by atoms with Crippen LogP contribution in [-0.2, 0) is 65.4 Å². The van der Waals surface area contributed by atoms with Gasteiger partial charge in [0.25, 0.3) is 0 Å². The molecule has 0 aliphatic heterocycles. The minimum atomic E-state index is -4.96. The average Bonchev–Trinajstić information content (AvgIpc) is 1.29. The topological polar surface area (TPSA) is 237 Å². The summed E-state index contributed by atoms with van der Waals surface area (Å²) >= 11 is 0. The van der Waals surface area contributed by atoms with Crippen LogP contribution in [-0.4, -0.2) is 96.7 Å². The number of esters is 4. The fraction of sp³-hybridized carbons (Fsp3) is 0.950. The highest BCUT2D eigenvalue weighted by Gasteiger charge is 2.30. The molecule has 0 aliphatic rings. The zero-order chi connectivity index (χ0) is 73.1. The Balaban J connectivity index is 5.24. The van der Waals surface area contributed by atoms with Gasteiger partial charge >= 0.3 is 39.5 Å². The summed E-state index contributed by atoms with van der Waals surface area (Å²) in [6, 6.07) is 0. The van der Waals surface area contributed by atoms with Crippen molar-refractivity contribution in [1.82, 2.24) is 0 Å². The van der Waals surface area contributed by atoms with Gasteiger partial charge in [-0.3, -0.25) is 37.3 Å². The summed E-state index contributed by atoms with van der Waals surface area (Å²) in [6.07, 6.45) is 55.6. The molecule has 0 aromatic heterocycles. The van der Waals surface area contributed by atoms with Crippen LogP contribution in [0.25, 0.3) is 0 Å². The zero-order valence-corrected chi connectivity index (χ0v) is 66.9. The summed E-state index contributed by atoms with van der Waals surface area (Å²) in [5, 5.41) is 10.6. The van der Waals surface area contributed by atoms with Crippen molar-refractivity contribution in [1.29, 1.82) is 0 Å². The SMILES string of the molecule is CCC(C)CCCCCCCCCCC(=O)O[C@H](COC(=O)CCCCCCCCCC(C)C)COP(=O)(O)OCC(O)COP(=O)(O)OC[C@@H](COC(=O)CCCCCCCCCCCCCCCCCC(C)C)OC(=O)CCCCCCCCCCCCCCCCCCC(C)C. The van der Waals surface area contributed by atoms with Gasteiger partial charge in [-0.05, 0) is 49.4 Å². The minimum Gasteiger partial charge on any atom is -0.462 e. The lowest BCUT2D eigenvalue weighted by Gasteiger charge is -2.21. The largest absolute Gasteiger partial charge is 0.472 e. The second-order valence-corrected chi connectivity index (χ2v) is 33.4. The highest BCUT2D eigenvalue weighted by atomic mass is 31.2. The number of carbonyl (C=O) groups is 4. The van der Waals surface area contributed by atoms with Crippen LogP contribution < -0.4 is 0 Å². The third-order valence-electron chi connectivity index (χ3n) is 18.9. The molecule has 0 saturated heterocycles. The first-order chi connectivity index (χ1) is 47.6. The van der Waals surface area contributed by atoms with Gasteiger partial charge in [-0.25, -0.2) is 9.13 Å². The maximum Gasteiger partial charge on any atom is 0.472 e. The van der Waals surface area contributed by atoms with Crippen LogP contribution in [0.15, 0.2) is 0 Å². The number of unbranched alkanes of at least 4 members (excludes halogenated alkanes) is 42. The lowest BCUT2D eigenvalue weighted by Crippen LogP contribution is -2.30. The van der Waals surface area contributed by atoms with E-state index in [0.29, 0.717) is 31.6 Å². The molecule has 0 radical (unpaired) electrons. The van der Waals surface area contributed by atoms with Crippen LogP contribution in [0.3, 0.4) is 0 Å². The predicted molar refractivity (Wildman–Crippen MR) is 404 cm³/mol. The van der Waals surface area contributed by atoms with Crippen molar-refractivity contribution in [2.45, 2.75) is 427 Å². The Morgan fingerprint density at radius 1 is 0.283 bits per heavy atom. The van der Waals surface area contributed by atoms with Gasteiger partial charge in [0.1, 0.15) is 19.3 Å². The molecule has 3 N–H and O–H groups in total. The molecule has 17 nitrogen and oxygen atoms in total. The van der Waals surface area contributed by atoms with Gasteiger partial charge in [0.2, 0.25) is 0 Å². The second-order valence-electron chi connectivity index (χ2n) is 30.5. The molecule has 19 heteroatoms. The molecule has 0 spiro atoms. The van der Waals surface area contributed by atoms with Gasteiger partial charge in [0.15, 0.2) is 12.2 Å². The highest BCUT2D eigenvalue weighted by molar-refractivity contribution is 7.47. The smallest absolute Gasteiger partial charge is 0.462 e. The minimum absolute atomic E-state index is 0.104. The second kappa shape index (κ2) is 69.1. The van der Waals surface area contributed by atoms with Gasteiger partial charge in [-0.2, -0.15) is 0 Å². The Morgan fingerprint density at radius 2 is 0.485 bits per heavy atom. The van der Waals surface area contributed by atoms with E-state index in [1.54, 1.807) is 0 Å². The van der Waals surface area contributed by atoms with E-state index in [-0.39, 0.29) is 25.7 Å². The third kappa shape index (κ3) is 72.8. The lowest BCUT2D eigenvalue weighted by atomic mass is 9.99. The first kappa shape index (κ1) is 97.1. The maximum atomic E-state index is 13.1. The Kier molecular flexibility index (Phi) is 67.8. The van der Waals surface area contributed by atoms with Gasteiger partial charge in [-0.15, -0.1) is 0 Å². The Hall–Kier alpha value is -1.94. The van der Waals surface area contributed by atoms with Crippen LogP contribution >= 0.6 is 15.6 Å². The summed E-state index contributed by atoms with van der Waals surface area (Å²) in [4.78, 5) is 73.0. The van der Waals surface area contributed by atoms with Crippen LogP contribution in [0, 0.1) is 23.7 Å². The summed E-state index contributed by atoms with van der Waals surface area (Å²) < 4.78 is 68.6. The molecule has 0 rings (SSSR count). The van der Waals surface area contributed by atoms with Crippen molar-refractivity contribution >= 4 is 39.5 Å². The molecule has 0 heterocycles. The van der Waals surface area contributed by atoms with E-state index >= 15 is 0 Å². The summed E-state index contributed by atoms with van der Waals surface area (Å²) in [5.41, 5.74) is 0. The fourth-order valence-electron chi connectivity index (χ4n) is 12.2. The molecular weight excluding hydrogens is 1290 g/mol. The number of aliphatic hydroxyl groups excluding tert-OH is 1. The summed E-state index contributed by atoms with van der Waals surface area (Å²) in [7, 11) is -9.92. The van der Waals surface area contributed by atoms with E-state index in [1.807, 2.05) is 0 Å². The molecule has 588 valence electrons. The number of phosphoric acid groups is 2. The van der Waals surface area contributed by atoms with Crippen molar-refractivity contribution < 1.29 is 80.2 Å². The van der Waals surface area contributed by atoms with Gasteiger partial charge in [0.05, 0.1) is 26.4 Å². The number of ether oxygens (including phenoxy) is 4. The lowest BCUT2D eigenvalue weighted by molar-refractivity contribution is -0.161. The van der Waals surface area contributed by atoms with E-state index in [9.17, 15) is 43.2 Å². The number of aliphatic hydroxyl groups is 1. The van der Waals surface area contributed by atoms with Gasteiger partial charge < -0.3 is 33.8 Å². The summed E-state index contributed by atoms with van der Waals surface area (Å²) in [6.45, 7) is 14.2. The monoisotopic (exact) mass is 1450 g/mol. The fourth-order valence-corrected chi connectivity index (χ4v) is 13.8. The molecule has 6 atom stereocenters. The predicted octanol–water partition coefficient (Wildman–Crippen LogP) is 23.6. The van der Waals surface area contributed by atoms with Crippen molar-refractivity contribution in [2.24, 2.45) is 23.7 Å². The quantitative estimate of drug-likeness (QED) is 0.0222. The molecular formula is C80H156O17P2. The average molecular weight is 1450 g/mol. The number of carbonyl (C=O) groups excluding carboxylic acids is 4. The first-order valence-electron chi connectivity index (χ1n) is 41.2. The molecule has 0 aromatic carbocycles. The Morgan fingerprint density at radius 3 is 0.717 bits per heavy atom. The van der Waals surface area contributed by atoms with Crippen molar-refractivity contribution in [3.63, 3.8) is 0 Å². The standard InChI is InChI=1S/C80H156O17P2/c1-9-73(8)59-51-43-35-29-30-38-47-55-63-80(85)97-76(67-91-78(83)61-53-45-39-31-34-42-50-58-72(6)7)69-95-99(88,89)93-65-74(81)64-92-98(86,87)94-68-75(66-90-77(82)60-52-44-36-27-23-19-16-12-14-18-22-26-33-41-49-57-71(4)5)96-79(84)62-54-46-37-28-24-20-15-11-10-13-17-21-25-32-40-48-56-70(2)3/h70-76,81H,9-69H2,1-8H3,(H,86,87)(H,88,89)/t73?,74?,75-,76-/m1/s1. The number of hydrogen-bond donors (Lipinski definition) is 3. The maximum absolute atomic E-state index is 13.1. The van der Waals surface area contributed by atoms with Crippen LogP contribution in [0.1, 0.15) is 409 Å². The third-order valence-corrected chi connectivity index (χ3v) is 20.8.